The first-order chi connectivity index (χ1) is 8.15. The fourth-order valence-electron chi connectivity index (χ4n) is 3.33. The lowest BCUT2D eigenvalue weighted by molar-refractivity contribution is -0.152. The summed E-state index contributed by atoms with van der Waals surface area (Å²) < 4.78 is 0. The summed E-state index contributed by atoms with van der Waals surface area (Å²) in [4.78, 5) is 13.9. The van der Waals surface area contributed by atoms with Crippen LogP contribution in [-0.4, -0.2) is 40.6 Å². The van der Waals surface area contributed by atoms with Crippen molar-refractivity contribution in [2.45, 2.75) is 62.9 Å². The number of hydrogen-bond acceptors (Lipinski definition) is 3. The molecule has 1 aliphatic carbocycles. The molecule has 0 amide bonds. The standard InChI is InChI=1S/C13H24N2O2/c14-11-6-9-15(10-11)13(12(16)17)7-4-2-1-3-5-8-13/h11H,1-10,14H2,(H,16,17). The van der Waals surface area contributed by atoms with Gasteiger partial charge in [0, 0.05) is 19.1 Å². The number of nitrogens with zero attached hydrogens (tertiary/aromatic N) is 1. The summed E-state index contributed by atoms with van der Waals surface area (Å²) in [7, 11) is 0. The zero-order chi connectivity index (χ0) is 12.3. The van der Waals surface area contributed by atoms with Crippen LogP contribution in [0.5, 0.6) is 0 Å². The molecule has 17 heavy (non-hydrogen) atoms. The van der Waals surface area contributed by atoms with E-state index in [-0.39, 0.29) is 6.04 Å². The summed E-state index contributed by atoms with van der Waals surface area (Å²) in [6.07, 6.45) is 8.23. The van der Waals surface area contributed by atoms with Gasteiger partial charge in [-0.25, -0.2) is 0 Å². The molecule has 0 aromatic carbocycles. The Bertz CT molecular complexity index is 273. The maximum atomic E-state index is 11.8. The second kappa shape index (κ2) is 5.36. The highest BCUT2D eigenvalue weighted by Crippen LogP contribution is 2.34. The van der Waals surface area contributed by atoms with E-state index < -0.39 is 11.5 Å². The SMILES string of the molecule is NC1CCN(C2(C(=O)O)CCCCCCC2)C1. The van der Waals surface area contributed by atoms with Crippen LogP contribution in [0.15, 0.2) is 0 Å². The van der Waals surface area contributed by atoms with Gasteiger partial charge >= 0.3 is 5.97 Å². The third-order valence-corrected chi connectivity index (χ3v) is 4.41. The van der Waals surface area contributed by atoms with Crippen LogP contribution in [0.2, 0.25) is 0 Å². The van der Waals surface area contributed by atoms with Crippen LogP contribution >= 0.6 is 0 Å². The maximum absolute atomic E-state index is 11.8. The Morgan fingerprint density at radius 1 is 1.18 bits per heavy atom. The summed E-state index contributed by atoms with van der Waals surface area (Å²) in [5.74, 6) is -0.631. The van der Waals surface area contributed by atoms with Crippen molar-refractivity contribution in [3.63, 3.8) is 0 Å². The quantitative estimate of drug-likeness (QED) is 0.769. The van der Waals surface area contributed by atoms with Crippen LogP contribution < -0.4 is 5.73 Å². The minimum atomic E-state index is -0.631. The third-order valence-electron chi connectivity index (χ3n) is 4.41. The van der Waals surface area contributed by atoms with Crippen LogP contribution in [0.4, 0.5) is 0 Å². The van der Waals surface area contributed by atoms with Gasteiger partial charge in [-0.1, -0.05) is 32.1 Å². The fourth-order valence-corrected chi connectivity index (χ4v) is 3.33. The van der Waals surface area contributed by atoms with E-state index in [4.69, 9.17) is 5.73 Å². The summed E-state index contributed by atoms with van der Waals surface area (Å²) in [6, 6.07) is 0.164. The predicted octanol–water partition coefficient (Wildman–Crippen LogP) is 1.59. The van der Waals surface area contributed by atoms with Crippen LogP contribution in [0.3, 0.4) is 0 Å². The number of aliphatic carboxylic acids is 1. The number of carboxylic acid groups (broad SMARTS) is 1. The lowest BCUT2D eigenvalue weighted by Gasteiger charge is -2.39. The number of hydrogen-bond donors (Lipinski definition) is 2. The van der Waals surface area contributed by atoms with Crippen LogP contribution in [0.1, 0.15) is 51.4 Å². The zero-order valence-electron chi connectivity index (χ0n) is 10.5. The number of carbonyl (C=O) groups is 1. The van der Waals surface area contributed by atoms with Gasteiger partial charge in [-0.05, 0) is 19.3 Å². The Morgan fingerprint density at radius 2 is 1.76 bits per heavy atom. The van der Waals surface area contributed by atoms with Gasteiger partial charge in [0.15, 0.2) is 0 Å². The Labute approximate surface area is 103 Å². The van der Waals surface area contributed by atoms with Gasteiger partial charge in [-0.2, -0.15) is 0 Å². The minimum absolute atomic E-state index is 0.164. The highest BCUT2D eigenvalue weighted by molar-refractivity contribution is 5.78. The van der Waals surface area contributed by atoms with E-state index in [2.05, 4.69) is 4.90 Å². The zero-order valence-corrected chi connectivity index (χ0v) is 10.5. The van der Waals surface area contributed by atoms with E-state index >= 15 is 0 Å². The van der Waals surface area contributed by atoms with Crippen molar-refractivity contribution >= 4 is 5.97 Å². The summed E-state index contributed by atoms with van der Waals surface area (Å²) >= 11 is 0. The highest BCUT2D eigenvalue weighted by atomic mass is 16.4. The van der Waals surface area contributed by atoms with Crippen molar-refractivity contribution in [2.24, 2.45) is 5.73 Å². The van der Waals surface area contributed by atoms with Crippen molar-refractivity contribution in [3.05, 3.63) is 0 Å². The Morgan fingerprint density at radius 3 is 2.24 bits per heavy atom. The van der Waals surface area contributed by atoms with Crippen molar-refractivity contribution < 1.29 is 9.90 Å². The summed E-state index contributed by atoms with van der Waals surface area (Å²) in [5, 5.41) is 9.67. The monoisotopic (exact) mass is 240 g/mol. The van der Waals surface area contributed by atoms with Crippen molar-refractivity contribution in [3.8, 4) is 0 Å². The second-order valence-corrected chi connectivity index (χ2v) is 5.60. The first kappa shape index (κ1) is 12.8. The lowest BCUT2D eigenvalue weighted by atomic mass is 9.82. The molecule has 0 bridgehead atoms. The van der Waals surface area contributed by atoms with Crippen LogP contribution in [-0.2, 0) is 4.79 Å². The van der Waals surface area contributed by atoms with E-state index in [1.807, 2.05) is 0 Å². The number of likely N-dealkylation sites (tertiary alicyclic amines) is 1. The fraction of sp³-hybridized carbons (Fsp3) is 0.923. The molecule has 1 aliphatic heterocycles. The largest absolute Gasteiger partial charge is 0.480 e. The Hall–Kier alpha value is -0.610. The van der Waals surface area contributed by atoms with E-state index in [9.17, 15) is 9.90 Å². The molecule has 1 unspecified atom stereocenters. The smallest absolute Gasteiger partial charge is 0.324 e. The molecule has 0 aromatic rings. The molecule has 1 saturated heterocycles. The third kappa shape index (κ3) is 2.63. The molecule has 0 aromatic heterocycles. The second-order valence-electron chi connectivity index (χ2n) is 5.60. The van der Waals surface area contributed by atoms with Crippen LogP contribution in [0, 0.1) is 0 Å². The summed E-state index contributed by atoms with van der Waals surface area (Å²) in [6.45, 7) is 1.61. The molecular formula is C13H24N2O2. The highest BCUT2D eigenvalue weighted by Gasteiger charge is 2.45. The average Bonchev–Trinajstić information content (AvgIpc) is 2.65. The van der Waals surface area contributed by atoms with Crippen molar-refractivity contribution in [1.29, 1.82) is 0 Å². The Kier molecular flexibility index (Phi) is 4.05. The topological polar surface area (TPSA) is 66.6 Å². The molecule has 2 aliphatic rings. The normalized spacial score (nSPS) is 30.8. The van der Waals surface area contributed by atoms with E-state index in [0.717, 1.165) is 45.2 Å². The number of carboxylic acids is 1. The van der Waals surface area contributed by atoms with Crippen molar-refractivity contribution in [1.82, 2.24) is 4.90 Å². The maximum Gasteiger partial charge on any atom is 0.324 e. The molecule has 98 valence electrons. The molecule has 1 heterocycles. The molecule has 4 heteroatoms. The Balaban J connectivity index is 2.14. The molecule has 0 radical (unpaired) electrons. The molecule has 4 nitrogen and oxygen atoms in total. The number of rotatable bonds is 2. The van der Waals surface area contributed by atoms with Crippen molar-refractivity contribution in [2.75, 3.05) is 13.1 Å². The molecular weight excluding hydrogens is 216 g/mol. The molecule has 1 atom stereocenters. The molecule has 0 spiro atoms. The van der Waals surface area contributed by atoms with Gasteiger partial charge in [-0.15, -0.1) is 0 Å². The van der Waals surface area contributed by atoms with Gasteiger partial charge in [0.25, 0.3) is 0 Å². The van der Waals surface area contributed by atoms with Gasteiger partial charge in [0.05, 0.1) is 0 Å². The summed E-state index contributed by atoms with van der Waals surface area (Å²) in [5.41, 5.74) is 5.31. The predicted molar refractivity (Wildman–Crippen MR) is 66.9 cm³/mol. The van der Waals surface area contributed by atoms with E-state index in [1.54, 1.807) is 0 Å². The average molecular weight is 240 g/mol. The molecule has 1 saturated carbocycles. The van der Waals surface area contributed by atoms with Crippen LogP contribution in [0.25, 0.3) is 0 Å². The first-order valence-corrected chi connectivity index (χ1v) is 6.89. The molecule has 3 N–H and O–H groups in total. The molecule has 2 fully saturated rings. The van der Waals surface area contributed by atoms with E-state index in [1.165, 1.54) is 19.3 Å². The van der Waals surface area contributed by atoms with Gasteiger partial charge < -0.3 is 10.8 Å². The van der Waals surface area contributed by atoms with E-state index in [0.29, 0.717) is 0 Å². The minimum Gasteiger partial charge on any atom is -0.480 e. The van der Waals surface area contributed by atoms with Gasteiger partial charge in [0.2, 0.25) is 0 Å². The first-order valence-electron chi connectivity index (χ1n) is 6.89. The van der Waals surface area contributed by atoms with Gasteiger partial charge in [-0.3, -0.25) is 9.69 Å². The number of nitrogens with two attached hydrogens (primary N) is 1. The lowest BCUT2D eigenvalue weighted by Crippen LogP contribution is -2.54. The molecule has 2 rings (SSSR count). The van der Waals surface area contributed by atoms with Gasteiger partial charge in [0.1, 0.15) is 5.54 Å².